The molecule has 1 atom stereocenters. The number of benzene rings is 2. The van der Waals surface area contributed by atoms with Crippen LogP contribution in [0.15, 0.2) is 54.0 Å². The smallest absolute Gasteiger partial charge is 0.242 e. The molecule has 2 aromatic rings. The van der Waals surface area contributed by atoms with Crippen molar-refractivity contribution in [1.29, 1.82) is 0 Å². The van der Waals surface area contributed by atoms with E-state index in [2.05, 4.69) is 11.9 Å². The first-order chi connectivity index (χ1) is 14.3. The minimum Gasteiger partial charge on any atom is -0.326 e. The molecular weight excluding hydrogens is 394 g/mol. The van der Waals surface area contributed by atoms with Gasteiger partial charge in [0.1, 0.15) is 5.25 Å². The number of hydrogen-bond donors (Lipinski definition) is 1. The predicted molar refractivity (Wildman–Crippen MR) is 125 cm³/mol. The molecule has 0 bridgehead atoms. The van der Waals surface area contributed by atoms with E-state index in [1.54, 1.807) is 11.0 Å². The number of amides is 2. The molecule has 0 aromatic heterocycles. The van der Waals surface area contributed by atoms with E-state index in [1.165, 1.54) is 11.8 Å². The summed E-state index contributed by atoms with van der Waals surface area (Å²) in [4.78, 5) is 32.0. The van der Waals surface area contributed by atoms with Crippen LogP contribution in [0.1, 0.15) is 28.7 Å². The van der Waals surface area contributed by atoms with Gasteiger partial charge >= 0.3 is 0 Å². The van der Waals surface area contributed by atoms with Crippen molar-refractivity contribution in [2.45, 2.75) is 39.4 Å². The molecule has 1 unspecified atom stereocenters. The summed E-state index contributed by atoms with van der Waals surface area (Å²) >= 11 is 1.34. The Kier molecular flexibility index (Phi) is 6.77. The first-order valence-electron chi connectivity index (χ1n) is 9.91. The Hall–Kier alpha value is -2.86. The lowest BCUT2D eigenvalue weighted by Gasteiger charge is -2.15. The summed E-state index contributed by atoms with van der Waals surface area (Å²) in [5.74, 6) is -0.289. The van der Waals surface area contributed by atoms with Gasteiger partial charge in [0.15, 0.2) is 5.17 Å². The van der Waals surface area contributed by atoms with Gasteiger partial charge in [-0.25, -0.2) is 4.99 Å². The number of hydrogen-bond acceptors (Lipinski definition) is 4. The van der Waals surface area contributed by atoms with Crippen LogP contribution in [0.25, 0.3) is 0 Å². The van der Waals surface area contributed by atoms with Gasteiger partial charge in [-0.15, -0.1) is 6.58 Å². The number of nitrogens with zero attached hydrogens (tertiary/aromatic N) is 2. The second kappa shape index (κ2) is 9.30. The summed E-state index contributed by atoms with van der Waals surface area (Å²) in [5.41, 5.74) is 5.80. The molecule has 1 aliphatic heterocycles. The number of rotatable bonds is 6. The second-order valence-corrected chi connectivity index (χ2v) is 8.72. The average molecular weight is 422 g/mol. The van der Waals surface area contributed by atoms with Crippen molar-refractivity contribution >= 4 is 40.1 Å². The monoisotopic (exact) mass is 421 g/mol. The van der Waals surface area contributed by atoms with Crippen molar-refractivity contribution < 1.29 is 9.59 Å². The lowest BCUT2D eigenvalue weighted by atomic mass is 10.1. The maximum absolute atomic E-state index is 13.0. The van der Waals surface area contributed by atoms with E-state index in [0.717, 1.165) is 33.6 Å². The quantitative estimate of drug-likeness (QED) is 0.663. The van der Waals surface area contributed by atoms with E-state index in [4.69, 9.17) is 4.99 Å². The van der Waals surface area contributed by atoms with E-state index >= 15 is 0 Å². The number of carbonyl (C=O) groups excluding carboxylic acids is 2. The van der Waals surface area contributed by atoms with Gasteiger partial charge < -0.3 is 5.32 Å². The highest BCUT2D eigenvalue weighted by atomic mass is 32.2. The summed E-state index contributed by atoms with van der Waals surface area (Å²) in [6.45, 7) is 12.1. The minimum absolute atomic E-state index is 0.0936. The molecule has 1 aliphatic rings. The van der Waals surface area contributed by atoms with Crippen molar-refractivity contribution in [2.24, 2.45) is 4.99 Å². The molecule has 1 saturated heterocycles. The predicted octanol–water partition coefficient (Wildman–Crippen LogP) is 5.07. The third kappa shape index (κ3) is 4.82. The number of carbonyl (C=O) groups is 2. The normalized spacial score (nSPS) is 17.5. The summed E-state index contributed by atoms with van der Waals surface area (Å²) in [6.07, 6.45) is 1.77. The lowest BCUT2D eigenvalue weighted by molar-refractivity contribution is -0.127. The van der Waals surface area contributed by atoms with E-state index in [0.29, 0.717) is 11.7 Å². The molecule has 2 amide bonds. The van der Waals surface area contributed by atoms with Gasteiger partial charge in [-0.1, -0.05) is 48.2 Å². The van der Waals surface area contributed by atoms with Crippen LogP contribution in [0, 0.1) is 27.7 Å². The zero-order chi connectivity index (χ0) is 21.8. The van der Waals surface area contributed by atoms with Crippen LogP contribution in [0.5, 0.6) is 0 Å². The van der Waals surface area contributed by atoms with Crippen LogP contribution in [-0.2, 0) is 9.59 Å². The van der Waals surface area contributed by atoms with Crippen LogP contribution >= 0.6 is 11.8 Å². The number of aryl methyl sites for hydroxylation is 4. The molecule has 5 nitrogen and oxygen atoms in total. The van der Waals surface area contributed by atoms with E-state index < -0.39 is 5.25 Å². The summed E-state index contributed by atoms with van der Waals surface area (Å²) < 4.78 is 0. The molecule has 0 spiro atoms. The topological polar surface area (TPSA) is 61.8 Å². The first kappa shape index (κ1) is 21.8. The van der Waals surface area contributed by atoms with Crippen LogP contribution in [0.4, 0.5) is 11.4 Å². The van der Waals surface area contributed by atoms with Crippen LogP contribution in [-0.4, -0.2) is 33.7 Å². The summed E-state index contributed by atoms with van der Waals surface area (Å²) in [6, 6.07) is 11.9. The van der Waals surface area contributed by atoms with Crippen LogP contribution < -0.4 is 5.32 Å². The van der Waals surface area contributed by atoms with Gasteiger partial charge in [-0.2, -0.15) is 0 Å². The fraction of sp³-hybridized carbons (Fsp3) is 0.292. The molecule has 30 heavy (non-hydrogen) atoms. The summed E-state index contributed by atoms with van der Waals surface area (Å²) in [7, 11) is 0. The highest BCUT2D eigenvalue weighted by Crippen LogP contribution is 2.33. The Morgan fingerprint density at radius 1 is 1.17 bits per heavy atom. The van der Waals surface area contributed by atoms with Crippen molar-refractivity contribution in [3.63, 3.8) is 0 Å². The van der Waals surface area contributed by atoms with Crippen molar-refractivity contribution in [3.05, 3.63) is 71.3 Å². The summed E-state index contributed by atoms with van der Waals surface area (Å²) in [5, 5.41) is 3.06. The Labute approximate surface area is 182 Å². The van der Waals surface area contributed by atoms with E-state index in [1.807, 2.05) is 64.1 Å². The molecular formula is C24H27N3O2S. The third-order valence-corrected chi connectivity index (χ3v) is 6.19. The maximum atomic E-state index is 13.0. The fourth-order valence-corrected chi connectivity index (χ4v) is 4.49. The fourth-order valence-electron chi connectivity index (χ4n) is 3.34. The number of anilines is 1. The van der Waals surface area contributed by atoms with Gasteiger partial charge in [-0.05, 0) is 56.0 Å². The molecule has 156 valence electrons. The Morgan fingerprint density at radius 3 is 2.53 bits per heavy atom. The SMILES string of the molecule is C=CCN1C(=O)C(CC(=O)Nc2cc(C)ccc2C)SC1=Nc1c(C)cccc1C. The standard InChI is InChI=1S/C24H27N3O2S/c1-6-12-27-23(29)20(14-21(28)25-19-13-15(2)10-11-16(19)3)30-24(27)26-22-17(4)8-7-9-18(22)5/h6-11,13,20H,1,12,14H2,2-5H3,(H,25,28). The number of nitrogens with one attached hydrogen (secondary N) is 1. The van der Waals surface area contributed by atoms with Crippen molar-refractivity contribution in [1.82, 2.24) is 4.90 Å². The highest BCUT2D eigenvalue weighted by Gasteiger charge is 2.38. The Morgan fingerprint density at radius 2 is 1.87 bits per heavy atom. The Bertz CT molecular complexity index is 1010. The van der Waals surface area contributed by atoms with Gasteiger partial charge in [-0.3, -0.25) is 14.5 Å². The van der Waals surface area contributed by atoms with Crippen LogP contribution in [0.2, 0.25) is 0 Å². The zero-order valence-corrected chi connectivity index (χ0v) is 18.7. The van der Waals surface area contributed by atoms with Gasteiger partial charge in [0.05, 0.1) is 5.69 Å². The average Bonchev–Trinajstić information content (AvgIpc) is 2.97. The molecule has 0 radical (unpaired) electrons. The van der Waals surface area contributed by atoms with Gasteiger partial charge in [0, 0.05) is 18.7 Å². The molecule has 6 heteroatoms. The third-order valence-electron chi connectivity index (χ3n) is 5.02. The number of amidine groups is 1. The minimum atomic E-state index is -0.502. The highest BCUT2D eigenvalue weighted by molar-refractivity contribution is 8.15. The number of aliphatic imine (C=N–C) groups is 1. The maximum Gasteiger partial charge on any atom is 0.242 e. The van der Waals surface area contributed by atoms with Gasteiger partial charge in [0.25, 0.3) is 0 Å². The lowest BCUT2D eigenvalue weighted by Crippen LogP contribution is -2.33. The van der Waals surface area contributed by atoms with Crippen molar-refractivity contribution in [2.75, 3.05) is 11.9 Å². The Balaban J connectivity index is 1.80. The molecule has 1 N–H and O–H groups in total. The van der Waals surface area contributed by atoms with E-state index in [9.17, 15) is 9.59 Å². The largest absolute Gasteiger partial charge is 0.326 e. The van der Waals surface area contributed by atoms with Crippen LogP contribution in [0.3, 0.4) is 0 Å². The van der Waals surface area contributed by atoms with Crippen molar-refractivity contribution in [3.8, 4) is 0 Å². The molecule has 0 aliphatic carbocycles. The molecule has 3 rings (SSSR count). The molecule has 0 saturated carbocycles. The number of para-hydroxylation sites is 1. The first-order valence-corrected chi connectivity index (χ1v) is 10.8. The molecule has 1 fully saturated rings. The molecule has 1 heterocycles. The second-order valence-electron chi connectivity index (χ2n) is 7.55. The van der Waals surface area contributed by atoms with Gasteiger partial charge in [0.2, 0.25) is 11.8 Å². The zero-order valence-electron chi connectivity index (χ0n) is 17.9. The van der Waals surface area contributed by atoms with E-state index in [-0.39, 0.29) is 18.2 Å². The molecule has 2 aromatic carbocycles. The number of thioether (sulfide) groups is 1.